The predicted molar refractivity (Wildman–Crippen MR) is 48.4 cm³/mol. The molecular weight excluding hydrogens is 206 g/mol. The number of amides is 1. The molecule has 0 spiro atoms. The largest absolute Gasteiger partial charge is 0.325 e. The molecule has 0 fully saturated rings. The SMILES string of the molecule is CC(=O)Nc1ccccc1Br. The molecule has 58 valence electrons. The molecular formula is C8H8BrNO. The zero-order chi connectivity index (χ0) is 8.27. The maximum Gasteiger partial charge on any atom is 0.221 e. The smallest absolute Gasteiger partial charge is 0.221 e. The zero-order valence-corrected chi connectivity index (χ0v) is 7.68. The lowest BCUT2D eigenvalue weighted by molar-refractivity contribution is -0.114. The van der Waals surface area contributed by atoms with Crippen molar-refractivity contribution in [3.05, 3.63) is 28.7 Å². The van der Waals surface area contributed by atoms with Crippen molar-refractivity contribution in [1.29, 1.82) is 0 Å². The molecule has 0 heterocycles. The van der Waals surface area contributed by atoms with Crippen molar-refractivity contribution in [3.63, 3.8) is 0 Å². The number of halogens is 1. The van der Waals surface area contributed by atoms with Crippen LogP contribution >= 0.6 is 15.9 Å². The lowest BCUT2D eigenvalue weighted by Gasteiger charge is -2.02. The molecule has 1 N–H and O–H groups in total. The van der Waals surface area contributed by atoms with Gasteiger partial charge in [0.2, 0.25) is 5.91 Å². The van der Waals surface area contributed by atoms with Gasteiger partial charge in [-0.05, 0) is 28.1 Å². The highest BCUT2D eigenvalue weighted by Crippen LogP contribution is 2.20. The lowest BCUT2D eigenvalue weighted by Crippen LogP contribution is -2.05. The maximum absolute atomic E-state index is 10.6. The van der Waals surface area contributed by atoms with Crippen LogP contribution in [0.2, 0.25) is 0 Å². The van der Waals surface area contributed by atoms with Gasteiger partial charge in [0.25, 0.3) is 0 Å². The Balaban J connectivity index is 2.86. The Morgan fingerprint density at radius 1 is 1.45 bits per heavy atom. The molecule has 1 amide bonds. The van der Waals surface area contributed by atoms with Crippen molar-refractivity contribution < 1.29 is 4.79 Å². The summed E-state index contributed by atoms with van der Waals surface area (Å²) in [6.07, 6.45) is 0. The van der Waals surface area contributed by atoms with Gasteiger partial charge in [-0.2, -0.15) is 0 Å². The summed E-state index contributed by atoms with van der Waals surface area (Å²) in [5.41, 5.74) is 0.806. The molecule has 0 atom stereocenters. The summed E-state index contributed by atoms with van der Waals surface area (Å²) >= 11 is 3.31. The first kappa shape index (κ1) is 8.27. The normalized spacial score (nSPS) is 9.27. The van der Waals surface area contributed by atoms with E-state index in [4.69, 9.17) is 0 Å². The first-order chi connectivity index (χ1) is 5.20. The molecule has 0 aromatic heterocycles. The van der Waals surface area contributed by atoms with E-state index < -0.39 is 0 Å². The van der Waals surface area contributed by atoms with Crippen LogP contribution in [0.15, 0.2) is 28.7 Å². The van der Waals surface area contributed by atoms with Crippen LogP contribution in [0, 0.1) is 0 Å². The van der Waals surface area contributed by atoms with E-state index in [1.807, 2.05) is 24.3 Å². The molecule has 2 nitrogen and oxygen atoms in total. The van der Waals surface area contributed by atoms with Crippen LogP contribution in [0.1, 0.15) is 6.92 Å². The minimum atomic E-state index is -0.0584. The highest BCUT2D eigenvalue weighted by Gasteiger charge is 1.97. The summed E-state index contributed by atoms with van der Waals surface area (Å²) in [6, 6.07) is 7.49. The Labute approximate surface area is 73.7 Å². The Morgan fingerprint density at radius 3 is 2.64 bits per heavy atom. The Bertz CT molecular complexity index is 273. The quantitative estimate of drug-likeness (QED) is 0.763. The molecule has 11 heavy (non-hydrogen) atoms. The number of hydrogen-bond donors (Lipinski definition) is 1. The van der Waals surface area contributed by atoms with E-state index in [2.05, 4.69) is 21.2 Å². The summed E-state index contributed by atoms with van der Waals surface area (Å²) < 4.78 is 0.898. The molecule has 1 rings (SSSR count). The van der Waals surface area contributed by atoms with Gasteiger partial charge in [-0.3, -0.25) is 4.79 Å². The number of anilines is 1. The van der Waals surface area contributed by atoms with Gasteiger partial charge in [-0.1, -0.05) is 12.1 Å². The average Bonchev–Trinajstić information content (AvgIpc) is 1.93. The number of hydrogen-bond acceptors (Lipinski definition) is 1. The molecule has 0 saturated carbocycles. The molecule has 0 aliphatic carbocycles. The molecule has 0 bridgehead atoms. The predicted octanol–water partition coefficient (Wildman–Crippen LogP) is 2.41. The first-order valence-electron chi connectivity index (χ1n) is 3.22. The van der Waals surface area contributed by atoms with Gasteiger partial charge in [-0.25, -0.2) is 0 Å². The van der Waals surface area contributed by atoms with Crippen LogP contribution in [0.25, 0.3) is 0 Å². The summed E-state index contributed by atoms with van der Waals surface area (Å²) in [6.45, 7) is 1.49. The molecule has 0 saturated heterocycles. The fourth-order valence-electron chi connectivity index (χ4n) is 0.752. The van der Waals surface area contributed by atoms with Crippen LogP contribution < -0.4 is 5.32 Å². The highest BCUT2D eigenvalue weighted by atomic mass is 79.9. The molecule has 0 aliphatic heterocycles. The Hall–Kier alpha value is -0.830. The summed E-state index contributed by atoms with van der Waals surface area (Å²) in [5.74, 6) is -0.0584. The van der Waals surface area contributed by atoms with Gasteiger partial charge < -0.3 is 5.32 Å². The van der Waals surface area contributed by atoms with Gasteiger partial charge in [0, 0.05) is 11.4 Å². The summed E-state index contributed by atoms with van der Waals surface area (Å²) in [5, 5.41) is 2.69. The van der Waals surface area contributed by atoms with Gasteiger partial charge in [0.1, 0.15) is 0 Å². The van der Waals surface area contributed by atoms with E-state index in [9.17, 15) is 4.79 Å². The second-order valence-corrected chi connectivity index (χ2v) is 3.02. The van der Waals surface area contributed by atoms with Gasteiger partial charge in [-0.15, -0.1) is 0 Å². The third-order valence-corrected chi connectivity index (χ3v) is 1.88. The topological polar surface area (TPSA) is 29.1 Å². The molecule has 0 aliphatic rings. The summed E-state index contributed by atoms with van der Waals surface area (Å²) in [4.78, 5) is 10.6. The fraction of sp³-hybridized carbons (Fsp3) is 0.125. The van der Waals surface area contributed by atoms with Crippen molar-refractivity contribution in [2.75, 3.05) is 5.32 Å². The van der Waals surface area contributed by atoms with E-state index in [0.29, 0.717) is 0 Å². The number of carbonyl (C=O) groups excluding carboxylic acids is 1. The van der Waals surface area contributed by atoms with E-state index in [1.54, 1.807) is 0 Å². The number of benzene rings is 1. The van der Waals surface area contributed by atoms with Crippen LogP contribution in [-0.2, 0) is 4.79 Å². The number of para-hydroxylation sites is 1. The van der Waals surface area contributed by atoms with Crippen molar-refractivity contribution in [1.82, 2.24) is 0 Å². The second kappa shape index (κ2) is 3.53. The van der Waals surface area contributed by atoms with Gasteiger partial charge in [0.05, 0.1) is 5.69 Å². The van der Waals surface area contributed by atoms with Crippen LogP contribution in [0.4, 0.5) is 5.69 Å². The minimum Gasteiger partial charge on any atom is -0.325 e. The molecule has 0 radical (unpaired) electrons. The molecule has 3 heteroatoms. The van der Waals surface area contributed by atoms with E-state index in [-0.39, 0.29) is 5.91 Å². The highest BCUT2D eigenvalue weighted by molar-refractivity contribution is 9.10. The number of rotatable bonds is 1. The van der Waals surface area contributed by atoms with E-state index in [1.165, 1.54) is 6.92 Å². The Kier molecular flexibility index (Phi) is 2.65. The van der Waals surface area contributed by atoms with E-state index >= 15 is 0 Å². The van der Waals surface area contributed by atoms with Crippen LogP contribution in [0.3, 0.4) is 0 Å². The van der Waals surface area contributed by atoms with Gasteiger partial charge in [0.15, 0.2) is 0 Å². The van der Waals surface area contributed by atoms with Crippen molar-refractivity contribution in [3.8, 4) is 0 Å². The van der Waals surface area contributed by atoms with Crippen LogP contribution in [0.5, 0.6) is 0 Å². The molecule has 1 aromatic rings. The zero-order valence-electron chi connectivity index (χ0n) is 6.10. The maximum atomic E-state index is 10.6. The lowest BCUT2D eigenvalue weighted by atomic mass is 10.3. The first-order valence-corrected chi connectivity index (χ1v) is 4.01. The number of nitrogens with one attached hydrogen (secondary N) is 1. The van der Waals surface area contributed by atoms with Crippen molar-refractivity contribution in [2.45, 2.75) is 6.92 Å². The third kappa shape index (κ3) is 2.35. The van der Waals surface area contributed by atoms with E-state index in [0.717, 1.165) is 10.2 Å². The van der Waals surface area contributed by atoms with Crippen molar-refractivity contribution >= 4 is 27.5 Å². The molecule has 1 aromatic carbocycles. The van der Waals surface area contributed by atoms with Gasteiger partial charge >= 0.3 is 0 Å². The average molecular weight is 214 g/mol. The minimum absolute atomic E-state index is 0.0584. The monoisotopic (exact) mass is 213 g/mol. The van der Waals surface area contributed by atoms with Crippen LogP contribution in [-0.4, -0.2) is 5.91 Å². The molecule has 0 unspecified atom stereocenters. The fourth-order valence-corrected chi connectivity index (χ4v) is 1.14. The van der Waals surface area contributed by atoms with Crippen molar-refractivity contribution in [2.24, 2.45) is 0 Å². The third-order valence-electron chi connectivity index (χ3n) is 1.18. The summed E-state index contributed by atoms with van der Waals surface area (Å²) in [7, 11) is 0. The Morgan fingerprint density at radius 2 is 2.09 bits per heavy atom. The second-order valence-electron chi connectivity index (χ2n) is 2.16. The standard InChI is InChI=1S/C8H8BrNO/c1-6(11)10-8-5-3-2-4-7(8)9/h2-5H,1H3,(H,10,11). The number of carbonyl (C=O) groups is 1.